The van der Waals surface area contributed by atoms with Crippen molar-refractivity contribution in [1.29, 1.82) is 5.26 Å². The number of benzene rings is 2. The first kappa shape index (κ1) is 29.7. The van der Waals surface area contributed by atoms with E-state index in [1.807, 2.05) is 26.0 Å². The summed E-state index contributed by atoms with van der Waals surface area (Å²) in [4.78, 5) is 11.7. The van der Waals surface area contributed by atoms with Crippen molar-refractivity contribution >= 4 is 0 Å². The summed E-state index contributed by atoms with van der Waals surface area (Å²) < 4.78 is 34.1. The maximum atomic E-state index is 12.0. The van der Waals surface area contributed by atoms with Crippen LogP contribution in [0.25, 0.3) is 0 Å². The van der Waals surface area contributed by atoms with Crippen LogP contribution < -0.4 is 28.4 Å². The molecule has 0 fully saturated rings. The van der Waals surface area contributed by atoms with E-state index < -0.39 is 17.7 Å². The van der Waals surface area contributed by atoms with E-state index in [1.165, 1.54) is 28.4 Å². The average Bonchev–Trinajstić information content (AvgIpc) is 3.37. The van der Waals surface area contributed by atoms with Gasteiger partial charge in [0.15, 0.2) is 23.0 Å². The minimum atomic E-state index is -1.01. The Morgan fingerprint density at radius 2 is 1.59 bits per heavy atom. The number of methoxy groups -OCH3 is 4. The fraction of sp³-hybridized carbons (Fsp3) is 0.552. The van der Waals surface area contributed by atoms with Gasteiger partial charge in [-0.05, 0) is 37.0 Å². The lowest BCUT2D eigenvalue weighted by atomic mass is 9.65. The number of nitro groups is 1. The molecule has 1 heterocycles. The summed E-state index contributed by atoms with van der Waals surface area (Å²) in [5.41, 5.74) is -0.398. The monoisotopic (exact) mass is 542 g/mol. The number of nitriles is 1. The van der Waals surface area contributed by atoms with Crippen LogP contribution in [-0.2, 0) is 5.41 Å². The molecule has 39 heavy (non-hydrogen) atoms. The Labute approximate surface area is 229 Å². The molecule has 0 N–H and O–H groups in total. The van der Waals surface area contributed by atoms with Crippen LogP contribution in [0.4, 0.5) is 0 Å². The number of hydrogen-bond acceptors (Lipinski definition) is 9. The van der Waals surface area contributed by atoms with Crippen molar-refractivity contribution in [3.05, 3.63) is 46.0 Å². The van der Waals surface area contributed by atoms with Crippen LogP contribution in [0.5, 0.6) is 34.5 Å². The third-order valence-electron chi connectivity index (χ3n) is 7.59. The number of rotatable bonds is 15. The van der Waals surface area contributed by atoms with Gasteiger partial charge in [-0.3, -0.25) is 10.1 Å². The topological polar surface area (TPSA) is 122 Å². The molecule has 0 saturated heterocycles. The highest BCUT2D eigenvalue weighted by Gasteiger charge is 2.44. The van der Waals surface area contributed by atoms with Crippen molar-refractivity contribution in [3.63, 3.8) is 0 Å². The van der Waals surface area contributed by atoms with Gasteiger partial charge in [-0.25, -0.2) is 0 Å². The van der Waals surface area contributed by atoms with Gasteiger partial charge in [-0.2, -0.15) is 5.26 Å². The Bertz CT molecular complexity index is 1150. The van der Waals surface area contributed by atoms with E-state index in [0.29, 0.717) is 52.9 Å². The van der Waals surface area contributed by atoms with Gasteiger partial charge in [0.25, 0.3) is 0 Å². The molecule has 0 aliphatic carbocycles. The molecular weight excluding hydrogens is 504 g/mol. The zero-order valence-corrected chi connectivity index (χ0v) is 23.5. The molecular formula is C29H38N2O8. The molecule has 0 amide bonds. The van der Waals surface area contributed by atoms with Crippen LogP contribution in [0.1, 0.15) is 57.9 Å². The molecule has 1 aliphatic rings. The number of para-hydroxylation sites is 2. The van der Waals surface area contributed by atoms with Crippen molar-refractivity contribution in [2.24, 2.45) is 5.92 Å². The first-order valence-corrected chi connectivity index (χ1v) is 13.2. The predicted octanol–water partition coefficient (Wildman–Crippen LogP) is 5.92. The SMILES string of the molecule is CCC(CC)C(C#N)(CCCC(CC1Oc2ccccc2O1)[N+](=O)[O-])c1cc(OC)c(OC)c(OC)c1OC. The fourth-order valence-corrected chi connectivity index (χ4v) is 5.61. The van der Waals surface area contributed by atoms with E-state index in [9.17, 15) is 15.4 Å². The van der Waals surface area contributed by atoms with Gasteiger partial charge in [-0.15, -0.1) is 0 Å². The maximum Gasteiger partial charge on any atom is 0.248 e. The third kappa shape index (κ3) is 5.92. The van der Waals surface area contributed by atoms with Crippen molar-refractivity contribution in [1.82, 2.24) is 0 Å². The van der Waals surface area contributed by atoms with Gasteiger partial charge >= 0.3 is 0 Å². The molecule has 0 saturated carbocycles. The quantitative estimate of drug-likeness (QED) is 0.199. The highest BCUT2D eigenvalue weighted by Crippen LogP contribution is 2.53. The summed E-state index contributed by atoms with van der Waals surface area (Å²) in [7, 11) is 6.05. The Morgan fingerprint density at radius 3 is 2.05 bits per heavy atom. The first-order valence-electron chi connectivity index (χ1n) is 13.2. The molecule has 3 rings (SSSR count). The molecule has 0 aromatic heterocycles. The van der Waals surface area contributed by atoms with Crippen LogP contribution >= 0.6 is 0 Å². The van der Waals surface area contributed by atoms with Crippen LogP contribution in [0.3, 0.4) is 0 Å². The van der Waals surface area contributed by atoms with Crippen molar-refractivity contribution in [2.45, 2.75) is 70.1 Å². The molecule has 2 atom stereocenters. The van der Waals surface area contributed by atoms with Crippen molar-refractivity contribution in [2.75, 3.05) is 28.4 Å². The Kier molecular flexibility index (Phi) is 10.1. The highest BCUT2D eigenvalue weighted by molar-refractivity contribution is 5.65. The summed E-state index contributed by atoms with van der Waals surface area (Å²) in [6.45, 7) is 4.08. The van der Waals surface area contributed by atoms with E-state index in [1.54, 1.807) is 18.2 Å². The average molecular weight is 543 g/mol. The molecule has 1 aliphatic heterocycles. The van der Waals surface area contributed by atoms with Crippen LogP contribution in [0.15, 0.2) is 30.3 Å². The third-order valence-corrected chi connectivity index (χ3v) is 7.59. The molecule has 0 bridgehead atoms. The lowest BCUT2D eigenvalue weighted by molar-refractivity contribution is -0.527. The number of nitrogens with zero attached hydrogens (tertiary/aromatic N) is 2. The van der Waals surface area contributed by atoms with Gasteiger partial charge in [0.1, 0.15) is 0 Å². The second kappa shape index (κ2) is 13.3. The standard InChI is InChI=1S/C29H38N2O8/c1-7-19(8-2)29(18-30,21-17-24(34-3)27(36-5)28(37-6)26(21)35-4)15-11-12-20(31(32)33)16-25-38-22-13-9-10-14-23(22)39-25/h9-10,13-14,17,19-20,25H,7-8,11-12,15-16H2,1-6H3. The van der Waals surface area contributed by atoms with E-state index in [0.717, 1.165) is 12.8 Å². The molecule has 2 unspecified atom stereocenters. The molecule has 0 spiro atoms. The molecule has 0 radical (unpaired) electrons. The molecule has 212 valence electrons. The van der Waals surface area contributed by atoms with Gasteiger partial charge < -0.3 is 28.4 Å². The molecule has 2 aromatic carbocycles. The minimum absolute atomic E-state index is 0.0516. The number of fused-ring (bicyclic) bond motifs is 1. The summed E-state index contributed by atoms with van der Waals surface area (Å²) in [6, 6.07) is 10.7. The van der Waals surface area contributed by atoms with E-state index in [-0.39, 0.29) is 23.7 Å². The second-order valence-corrected chi connectivity index (χ2v) is 9.50. The zero-order chi connectivity index (χ0) is 28.6. The molecule has 10 heteroatoms. The van der Waals surface area contributed by atoms with E-state index in [2.05, 4.69) is 6.07 Å². The Balaban J connectivity index is 1.92. The van der Waals surface area contributed by atoms with E-state index >= 15 is 0 Å². The first-order chi connectivity index (χ1) is 18.8. The van der Waals surface area contributed by atoms with Gasteiger partial charge in [0.05, 0.1) is 46.3 Å². The maximum absolute atomic E-state index is 12.0. The fourth-order valence-electron chi connectivity index (χ4n) is 5.61. The lowest BCUT2D eigenvalue weighted by Crippen LogP contribution is -2.35. The summed E-state index contributed by atoms with van der Waals surface area (Å²) >= 11 is 0. The smallest absolute Gasteiger partial charge is 0.248 e. The van der Waals surface area contributed by atoms with Gasteiger partial charge in [-0.1, -0.05) is 38.8 Å². The largest absolute Gasteiger partial charge is 0.493 e. The zero-order valence-electron chi connectivity index (χ0n) is 23.5. The highest BCUT2D eigenvalue weighted by atomic mass is 16.7. The van der Waals surface area contributed by atoms with Crippen LogP contribution in [0, 0.1) is 27.4 Å². The summed E-state index contributed by atoms with van der Waals surface area (Å²) in [6.07, 6.45) is 1.88. The van der Waals surface area contributed by atoms with Crippen molar-refractivity contribution < 1.29 is 33.3 Å². The number of hydrogen-bond donors (Lipinski definition) is 0. The van der Waals surface area contributed by atoms with Crippen LogP contribution in [0.2, 0.25) is 0 Å². The predicted molar refractivity (Wildman–Crippen MR) is 145 cm³/mol. The Hall–Kier alpha value is -3.87. The lowest BCUT2D eigenvalue weighted by Gasteiger charge is -2.36. The summed E-state index contributed by atoms with van der Waals surface area (Å²) in [5, 5.41) is 22.8. The second-order valence-electron chi connectivity index (χ2n) is 9.50. The molecule has 10 nitrogen and oxygen atoms in total. The van der Waals surface area contributed by atoms with Gasteiger partial charge in [0, 0.05) is 16.9 Å². The van der Waals surface area contributed by atoms with E-state index in [4.69, 9.17) is 28.4 Å². The summed E-state index contributed by atoms with van der Waals surface area (Å²) in [5.74, 6) is 2.60. The van der Waals surface area contributed by atoms with Crippen LogP contribution in [-0.4, -0.2) is 45.7 Å². The van der Waals surface area contributed by atoms with Gasteiger partial charge in [0.2, 0.25) is 23.8 Å². The van der Waals surface area contributed by atoms with Crippen molar-refractivity contribution in [3.8, 4) is 40.6 Å². The normalized spacial score (nSPS) is 14.8. The number of ether oxygens (including phenoxy) is 6. The molecule has 2 aromatic rings. The minimum Gasteiger partial charge on any atom is -0.493 e. The Morgan fingerprint density at radius 1 is 1.00 bits per heavy atom.